The lowest BCUT2D eigenvalue weighted by Gasteiger charge is -2.18. The highest BCUT2D eigenvalue weighted by Gasteiger charge is 2.16. The van der Waals surface area contributed by atoms with Crippen molar-refractivity contribution in [1.29, 1.82) is 0 Å². The Morgan fingerprint density at radius 1 is 1.06 bits per heavy atom. The molecule has 1 nitrogen and oxygen atoms in total. The summed E-state index contributed by atoms with van der Waals surface area (Å²) < 4.78 is 26.2. The van der Waals surface area contributed by atoms with Crippen LogP contribution in [0.1, 0.15) is 17.2 Å². The van der Waals surface area contributed by atoms with Crippen LogP contribution >= 0.6 is 11.6 Å². The van der Waals surface area contributed by atoms with Crippen molar-refractivity contribution < 1.29 is 8.78 Å². The molecule has 0 saturated carbocycles. The van der Waals surface area contributed by atoms with Gasteiger partial charge in [0.05, 0.1) is 6.04 Å². The summed E-state index contributed by atoms with van der Waals surface area (Å²) >= 11 is 6.11. The van der Waals surface area contributed by atoms with Gasteiger partial charge in [-0.15, -0.1) is 0 Å². The SMILES string of the molecule is CNC(c1ccc(F)c(F)c1)c1ccccc1Cl. The molecule has 0 bridgehead atoms. The Labute approximate surface area is 109 Å². The number of hydrogen-bond donors (Lipinski definition) is 1. The average Bonchev–Trinajstić information content (AvgIpc) is 2.37. The molecule has 2 rings (SSSR count). The van der Waals surface area contributed by atoms with Crippen LogP contribution in [0.5, 0.6) is 0 Å². The van der Waals surface area contributed by atoms with Gasteiger partial charge in [0.15, 0.2) is 11.6 Å². The zero-order chi connectivity index (χ0) is 13.1. The Kier molecular flexibility index (Phi) is 3.94. The van der Waals surface area contributed by atoms with Crippen LogP contribution in [0.15, 0.2) is 42.5 Å². The van der Waals surface area contributed by atoms with Crippen LogP contribution in [-0.2, 0) is 0 Å². The summed E-state index contributed by atoms with van der Waals surface area (Å²) in [6.07, 6.45) is 0. The van der Waals surface area contributed by atoms with Gasteiger partial charge in [-0.25, -0.2) is 8.78 Å². The highest BCUT2D eigenvalue weighted by atomic mass is 35.5. The maximum absolute atomic E-state index is 13.3. The van der Waals surface area contributed by atoms with E-state index in [1.54, 1.807) is 19.2 Å². The highest BCUT2D eigenvalue weighted by Crippen LogP contribution is 2.28. The monoisotopic (exact) mass is 267 g/mol. The van der Waals surface area contributed by atoms with Crippen LogP contribution in [0, 0.1) is 11.6 Å². The number of hydrogen-bond acceptors (Lipinski definition) is 1. The van der Waals surface area contributed by atoms with Gasteiger partial charge in [0.2, 0.25) is 0 Å². The molecule has 0 aliphatic rings. The molecule has 0 amide bonds. The van der Waals surface area contributed by atoms with Gasteiger partial charge in [-0.1, -0.05) is 35.9 Å². The van der Waals surface area contributed by atoms with Crippen molar-refractivity contribution in [2.24, 2.45) is 0 Å². The first-order valence-electron chi connectivity index (χ1n) is 5.50. The summed E-state index contributed by atoms with van der Waals surface area (Å²) in [4.78, 5) is 0. The van der Waals surface area contributed by atoms with Crippen LogP contribution < -0.4 is 5.32 Å². The first-order chi connectivity index (χ1) is 8.63. The van der Waals surface area contributed by atoms with Crippen LogP contribution in [0.25, 0.3) is 0 Å². The van der Waals surface area contributed by atoms with Crippen molar-refractivity contribution >= 4 is 11.6 Å². The van der Waals surface area contributed by atoms with Gasteiger partial charge >= 0.3 is 0 Å². The largest absolute Gasteiger partial charge is 0.309 e. The van der Waals surface area contributed by atoms with Crippen molar-refractivity contribution in [3.8, 4) is 0 Å². The average molecular weight is 268 g/mol. The third-order valence-corrected chi connectivity index (χ3v) is 3.13. The highest BCUT2D eigenvalue weighted by molar-refractivity contribution is 6.31. The van der Waals surface area contributed by atoms with E-state index in [-0.39, 0.29) is 6.04 Å². The van der Waals surface area contributed by atoms with Crippen molar-refractivity contribution in [2.45, 2.75) is 6.04 Å². The summed E-state index contributed by atoms with van der Waals surface area (Å²) in [5.74, 6) is -1.72. The molecule has 1 unspecified atom stereocenters. The Balaban J connectivity index is 2.45. The number of benzene rings is 2. The molecule has 0 spiro atoms. The summed E-state index contributed by atoms with van der Waals surface area (Å²) in [5.41, 5.74) is 1.46. The minimum atomic E-state index is -0.861. The van der Waals surface area contributed by atoms with E-state index in [1.807, 2.05) is 18.2 Å². The van der Waals surface area contributed by atoms with E-state index in [9.17, 15) is 8.78 Å². The van der Waals surface area contributed by atoms with Crippen molar-refractivity contribution in [2.75, 3.05) is 7.05 Å². The quantitative estimate of drug-likeness (QED) is 0.889. The van der Waals surface area contributed by atoms with Gasteiger partial charge < -0.3 is 5.32 Å². The standard InChI is InChI=1S/C14H12ClF2N/c1-18-14(10-4-2-3-5-11(10)15)9-6-7-12(16)13(17)8-9/h2-8,14,18H,1H3. The second-order valence-corrected chi connectivity index (χ2v) is 4.32. The van der Waals surface area contributed by atoms with Crippen molar-refractivity contribution in [1.82, 2.24) is 5.32 Å². The zero-order valence-electron chi connectivity index (χ0n) is 9.75. The molecule has 0 fully saturated rings. The molecule has 0 aliphatic carbocycles. The molecule has 1 N–H and O–H groups in total. The molecule has 0 radical (unpaired) electrons. The van der Waals surface area contributed by atoms with E-state index < -0.39 is 11.6 Å². The third kappa shape index (κ3) is 2.52. The third-order valence-electron chi connectivity index (χ3n) is 2.78. The molecule has 0 aromatic heterocycles. The molecule has 4 heteroatoms. The van der Waals surface area contributed by atoms with Gasteiger partial charge in [-0.3, -0.25) is 0 Å². The topological polar surface area (TPSA) is 12.0 Å². The number of rotatable bonds is 3. The van der Waals surface area contributed by atoms with Crippen LogP contribution in [0.4, 0.5) is 8.78 Å². The Hall–Kier alpha value is -1.45. The second kappa shape index (κ2) is 5.46. The lowest BCUT2D eigenvalue weighted by Crippen LogP contribution is -2.18. The van der Waals surface area contributed by atoms with E-state index >= 15 is 0 Å². The summed E-state index contributed by atoms with van der Waals surface area (Å²) in [7, 11) is 1.75. The maximum Gasteiger partial charge on any atom is 0.159 e. The first kappa shape index (κ1) is 13.0. The molecule has 1 atom stereocenters. The zero-order valence-corrected chi connectivity index (χ0v) is 10.5. The molecule has 0 saturated heterocycles. The first-order valence-corrected chi connectivity index (χ1v) is 5.88. The molecule has 0 aliphatic heterocycles. The molecule has 2 aromatic carbocycles. The van der Waals surface area contributed by atoms with Gasteiger partial charge in [-0.2, -0.15) is 0 Å². The van der Waals surface area contributed by atoms with Gasteiger partial charge in [0.1, 0.15) is 0 Å². The predicted octanol–water partition coefficient (Wildman–Crippen LogP) is 3.93. The molecule has 94 valence electrons. The van der Waals surface area contributed by atoms with E-state index in [0.29, 0.717) is 10.6 Å². The second-order valence-electron chi connectivity index (χ2n) is 3.92. The molecule has 0 heterocycles. The fourth-order valence-electron chi connectivity index (χ4n) is 1.90. The smallest absolute Gasteiger partial charge is 0.159 e. The van der Waals surface area contributed by atoms with E-state index in [0.717, 1.165) is 11.6 Å². The molecule has 2 aromatic rings. The molecular weight excluding hydrogens is 256 g/mol. The van der Waals surface area contributed by atoms with Crippen molar-refractivity contribution in [3.05, 3.63) is 70.2 Å². The van der Waals surface area contributed by atoms with Gasteiger partial charge in [-0.05, 0) is 36.4 Å². The summed E-state index contributed by atoms with van der Waals surface area (Å²) in [6.45, 7) is 0. The minimum absolute atomic E-state index is 0.270. The van der Waals surface area contributed by atoms with Gasteiger partial charge in [0.25, 0.3) is 0 Å². The molecule has 18 heavy (non-hydrogen) atoms. The maximum atomic E-state index is 13.3. The minimum Gasteiger partial charge on any atom is -0.309 e. The van der Waals surface area contributed by atoms with E-state index in [2.05, 4.69) is 5.32 Å². The number of nitrogens with one attached hydrogen (secondary N) is 1. The summed E-state index contributed by atoms with van der Waals surface area (Å²) in [5, 5.41) is 3.63. The lowest BCUT2D eigenvalue weighted by molar-refractivity contribution is 0.505. The fraction of sp³-hybridized carbons (Fsp3) is 0.143. The lowest BCUT2D eigenvalue weighted by atomic mass is 9.98. The van der Waals surface area contributed by atoms with Crippen LogP contribution in [0.3, 0.4) is 0 Å². The van der Waals surface area contributed by atoms with E-state index in [1.165, 1.54) is 6.07 Å². The normalized spacial score (nSPS) is 12.4. The van der Waals surface area contributed by atoms with E-state index in [4.69, 9.17) is 11.6 Å². The van der Waals surface area contributed by atoms with Crippen LogP contribution in [0.2, 0.25) is 5.02 Å². The summed E-state index contributed by atoms with van der Waals surface area (Å²) in [6, 6.07) is 10.9. The Morgan fingerprint density at radius 2 is 1.78 bits per heavy atom. The Bertz CT molecular complexity index is 557. The number of halogens is 3. The predicted molar refractivity (Wildman–Crippen MR) is 68.7 cm³/mol. The van der Waals surface area contributed by atoms with Crippen LogP contribution in [-0.4, -0.2) is 7.05 Å². The Morgan fingerprint density at radius 3 is 2.39 bits per heavy atom. The molecular formula is C14H12ClF2N. The van der Waals surface area contributed by atoms with Gasteiger partial charge in [0, 0.05) is 5.02 Å². The van der Waals surface area contributed by atoms with Crippen molar-refractivity contribution in [3.63, 3.8) is 0 Å². The fourth-order valence-corrected chi connectivity index (χ4v) is 2.15.